The van der Waals surface area contributed by atoms with Crippen molar-refractivity contribution in [3.63, 3.8) is 0 Å². The summed E-state index contributed by atoms with van der Waals surface area (Å²) in [6, 6.07) is 0. The molecule has 0 bridgehead atoms. The molecular formula is C4H6F4O. The maximum atomic E-state index is 11.5. The molecular weight excluding hydrogens is 140 g/mol. The molecule has 56 valence electrons. The molecule has 1 atom stereocenters. The summed E-state index contributed by atoms with van der Waals surface area (Å²) in [5, 5.41) is 0. The Morgan fingerprint density at radius 1 is 1.44 bits per heavy atom. The van der Waals surface area contributed by atoms with Crippen molar-refractivity contribution in [1.29, 1.82) is 0 Å². The second-order valence-corrected chi connectivity index (χ2v) is 1.47. The van der Waals surface area contributed by atoms with Gasteiger partial charge in [-0.2, -0.15) is 13.2 Å². The van der Waals surface area contributed by atoms with Crippen molar-refractivity contribution >= 4 is 0 Å². The zero-order valence-corrected chi connectivity index (χ0v) is 4.70. The van der Waals surface area contributed by atoms with Crippen molar-refractivity contribution in [2.24, 2.45) is 0 Å². The van der Waals surface area contributed by atoms with Gasteiger partial charge in [-0.25, -0.2) is 4.39 Å². The smallest absolute Gasteiger partial charge is 0.339 e. The fourth-order valence-corrected chi connectivity index (χ4v) is 0.209. The Labute approximate surface area is 49.6 Å². The quantitative estimate of drug-likeness (QED) is 0.540. The van der Waals surface area contributed by atoms with Gasteiger partial charge in [0.2, 0.25) is 0 Å². The van der Waals surface area contributed by atoms with E-state index in [1.54, 1.807) is 0 Å². The van der Waals surface area contributed by atoms with E-state index < -0.39 is 19.1 Å². The second-order valence-electron chi connectivity index (χ2n) is 1.47. The van der Waals surface area contributed by atoms with Crippen LogP contribution in [0.3, 0.4) is 0 Å². The van der Waals surface area contributed by atoms with Crippen molar-refractivity contribution in [2.75, 3.05) is 6.61 Å². The minimum atomic E-state index is -4.43. The maximum absolute atomic E-state index is 11.5. The van der Waals surface area contributed by atoms with Gasteiger partial charge in [-0.15, -0.1) is 0 Å². The third-order valence-electron chi connectivity index (χ3n) is 0.477. The van der Waals surface area contributed by atoms with E-state index in [2.05, 4.69) is 4.74 Å². The Kier molecular flexibility index (Phi) is 2.90. The Morgan fingerprint density at radius 2 is 1.89 bits per heavy atom. The molecule has 0 amide bonds. The summed E-state index contributed by atoms with van der Waals surface area (Å²) in [5.74, 6) is 0. The Morgan fingerprint density at radius 3 is 2.00 bits per heavy atom. The van der Waals surface area contributed by atoms with Gasteiger partial charge >= 0.3 is 6.18 Å². The van der Waals surface area contributed by atoms with Crippen LogP contribution in [0.2, 0.25) is 0 Å². The first kappa shape index (κ1) is 8.68. The van der Waals surface area contributed by atoms with Gasteiger partial charge in [-0.3, -0.25) is 0 Å². The molecule has 5 heteroatoms. The standard InChI is InChI=1S/C4H6F4O/c1-3(5)9-2-4(6,7)8/h3H,2H2,1H3. The minimum Gasteiger partial charge on any atom is -0.339 e. The van der Waals surface area contributed by atoms with Crippen molar-refractivity contribution in [2.45, 2.75) is 19.5 Å². The van der Waals surface area contributed by atoms with Crippen LogP contribution in [0.1, 0.15) is 6.92 Å². The molecule has 0 radical (unpaired) electrons. The van der Waals surface area contributed by atoms with E-state index in [4.69, 9.17) is 0 Å². The van der Waals surface area contributed by atoms with Crippen LogP contribution in [0, 0.1) is 0 Å². The van der Waals surface area contributed by atoms with E-state index in [1.807, 2.05) is 0 Å². The third-order valence-corrected chi connectivity index (χ3v) is 0.477. The molecule has 0 saturated carbocycles. The van der Waals surface area contributed by atoms with Gasteiger partial charge in [0.1, 0.15) is 6.61 Å². The third kappa shape index (κ3) is 7.68. The van der Waals surface area contributed by atoms with Gasteiger partial charge in [-0.05, 0) is 6.92 Å². The van der Waals surface area contributed by atoms with Gasteiger partial charge in [0, 0.05) is 0 Å². The lowest BCUT2D eigenvalue weighted by Crippen LogP contribution is -2.19. The van der Waals surface area contributed by atoms with E-state index in [-0.39, 0.29) is 0 Å². The first-order valence-electron chi connectivity index (χ1n) is 2.24. The summed E-state index contributed by atoms with van der Waals surface area (Å²) in [6.07, 6.45) is -6.29. The summed E-state index contributed by atoms with van der Waals surface area (Å²) in [7, 11) is 0. The first-order chi connectivity index (χ1) is 3.92. The maximum Gasteiger partial charge on any atom is 0.411 e. The van der Waals surface area contributed by atoms with Crippen molar-refractivity contribution in [3.05, 3.63) is 0 Å². The molecule has 9 heavy (non-hydrogen) atoms. The van der Waals surface area contributed by atoms with Crippen LogP contribution in [0.5, 0.6) is 0 Å². The highest BCUT2D eigenvalue weighted by atomic mass is 19.4. The lowest BCUT2D eigenvalue weighted by atomic mass is 10.7. The molecule has 1 nitrogen and oxygen atoms in total. The monoisotopic (exact) mass is 146 g/mol. The first-order valence-corrected chi connectivity index (χ1v) is 2.24. The molecule has 0 heterocycles. The molecule has 0 aliphatic rings. The summed E-state index contributed by atoms with van der Waals surface area (Å²) >= 11 is 0. The minimum absolute atomic E-state index is 0.895. The zero-order chi connectivity index (χ0) is 7.49. The van der Waals surface area contributed by atoms with Crippen molar-refractivity contribution in [3.8, 4) is 0 Å². The van der Waals surface area contributed by atoms with Crippen molar-refractivity contribution in [1.82, 2.24) is 0 Å². The number of ether oxygens (including phenoxy) is 1. The summed E-state index contributed by atoms with van der Waals surface area (Å²) < 4.78 is 48.5. The number of hydrogen-bond acceptors (Lipinski definition) is 1. The molecule has 0 spiro atoms. The number of alkyl halides is 4. The largest absolute Gasteiger partial charge is 0.411 e. The highest BCUT2D eigenvalue weighted by Gasteiger charge is 2.28. The van der Waals surface area contributed by atoms with Crippen LogP contribution in [0.25, 0.3) is 0 Å². The highest BCUT2D eigenvalue weighted by molar-refractivity contribution is 4.44. The van der Waals surface area contributed by atoms with Crippen LogP contribution in [0.4, 0.5) is 17.6 Å². The summed E-state index contributed by atoms with van der Waals surface area (Å²) in [4.78, 5) is 0. The van der Waals surface area contributed by atoms with E-state index in [0.717, 1.165) is 6.92 Å². The van der Waals surface area contributed by atoms with E-state index >= 15 is 0 Å². The van der Waals surface area contributed by atoms with Crippen LogP contribution in [-0.4, -0.2) is 19.1 Å². The molecule has 0 N–H and O–H groups in total. The molecule has 0 saturated heterocycles. The predicted octanol–water partition coefficient (Wildman–Crippen LogP) is 1.88. The molecule has 1 unspecified atom stereocenters. The zero-order valence-electron chi connectivity index (χ0n) is 4.70. The fourth-order valence-electron chi connectivity index (χ4n) is 0.209. The van der Waals surface area contributed by atoms with Crippen LogP contribution >= 0.6 is 0 Å². The molecule has 0 aromatic heterocycles. The normalized spacial score (nSPS) is 15.7. The molecule has 0 aliphatic carbocycles. The summed E-state index contributed by atoms with van der Waals surface area (Å²) in [6.45, 7) is -0.629. The SMILES string of the molecule is CC(F)OCC(F)(F)F. The van der Waals surface area contributed by atoms with Gasteiger partial charge in [0.15, 0.2) is 6.36 Å². The van der Waals surface area contributed by atoms with Crippen LogP contribution < -0.4 is 0 Å². The highest BCUT2D eigenvalue weighted by Crippen LogP contribution is 2.15. The molecule has 0 aromatic carbocycles. The topological polar surface area (TPSA) is 9.23 Å². The lowest BCUT2D eigenvalue weighted by molar-refractivity contribution is -0.198. The van der Waals surface area contributed by atoms with Gasteiger partial charge < -0.3 is 4.74 Å². The number of halogens is 4. The molecule has 0 aliphatic heterocycles. The average molecular weight is 146 g/mol. The lowest BCUT2D eigenvalue weighted by Gasteiger charge is -2.06. The average Bonchev–Trinajstić information content (AvgIpc) is 1.59. The molecule has 0 fully saturated rings. The van der Waals surface area contributed by atoms with Crippen LogP contribution in [0.15, 0.2) is 0 Å². The van der Waals surface area contributed by atoms with E-state index in [1.165, 1.54) is 0 Å². The number of rotatable bonds is 2. The van der Waals surface area contributed by atoms with E-state index in [9.17, 15) is 17.6 Å². The van der Waals surface area contributed by atoms with Gasteiger partial charge in [0.05, 0.1) is 0 Å². The van der Waals surface area contributed by atoms with Crippen molar-refractivity contribution < 1.29 is 22.3 Å². The Hall–Kier alpha value is -0.320. The fraction of sp³-hybridized carbons (Fsp3) is 1.00. The number of hydrogen-bond donors (Lipinski definition) is 0. The van der Waals surface area contributed by atoms with Gasteiger partial charge in [-0.1, -0.05) is 0 Å². The Bertz CT molecular complexity index is 77.1. The van der Waals surface area contributed by atoms with Gasteiger partial charge in [0.25, 0.3) is 0 Å². The van der Waals surface area contributed by atoms with Crippen LogP contribution in [-0.2, 0) is 4.74 Å². The summed E-state index contributed by atoms with van der Waals surface area (Å²) in [5.41, 5.74) is 0. The molecule has 0 rings (SSSR count). The second kappa shape index (κ2) is 3.00. The van der Waals surface area contributed by atoms with E-state index in [0.29, 0.717) is 0 Å². The molecule has 0 aromatic rings. The Balaban J connectivity index is 3.28. The predicted molar refractivity (Wildman–Crippen MR) is 22.6 cm³/mol.